The molecule has 0 saturated carbocycles. The molecule has 0 bridgehead atoms. The summed E-state index contributed by atoms with van der Waals surface area (Å²) in [6, 6.07) is 14.5. The third-order valence-corrected chi connectivity index (χ3v) is 5.17. The summed E-state index contributed by atoms with van der Waals surface area (Å²) in [5, 5.41) is 6.74. The Kier molecular flexibility index (Phi) is 8.31. The first-order valence-electron chi connectivity index (χ1n) is 10.6. The highest BCUT2D eigenvalue weighted by Gasteiger charge is 2.13. The Morgan fingerprint density at radius 2 is 1.97 bits per heavy atom. The topological polar surface area (TPSA) is 61.8 Å². The number of hydrogen-bond donors (Lipinski definition) is 2. The van der Waals surface area contributed by atoms with Gasteiger partial charge in [-0.3, -0.25) is 4.99 Å². The van der Waals surface area contributed by atoms with Gasteiger partial charge >= 0.3 is 0 Å². The van der Waals surface area contributed by atoms with Crippen molar-refractivity contribution in [1.29, 1.82) is 0 Å². The van der Waals surface area contributed by atoms with Gasteiger partial charge in [0.2, 0.25) is 0 Å². The summed E-state index contributed by atoms with van der Waals surface area (Å²) in [5.74, 6) is 1.88. The molecule has 6 heteroatoms. The SMILES string of the molecule is CN=C(NCCCOC(C)c1ccccc1)NCc1ccnc(N2CCCC2)c1. The zero-order valence-electron chi connectivity index (χ0n) is 17.6. The van der Waals surface area contributed by atoms with E-state index in [1.54, 1.807) is 7.05 Å². The molecule has 0 spiro atoms. The van der Waals surface area contributed by atoms with E-state index in [9.17, 15) is 0 Å². The number of nitrogens with zero attached hydrogens (tertiary/aromatic N) is 3. The standard InChI is InChI=1S/C23H33N5O/c1-19(21-9-4-3-5-10-21)29-16-8-12-26-23(24-2)27-18-20-11-13-25-22(17-20)28-14-6-7-15-28/h3-5,9-11,13,17,19H,6-8,12,14-16,18H2,1-2H3,(H2,24,26,27). The molecule has 0 aliphatic carbocycles. The van der Waals surface area contributed by atoms with Gasteiger partial charge in [0, 0.05) is 46.0 Å². The van der Waals surface area contributed by atoms with E-state index in [0.717, 1.165) is 44.4 Å². The van der Waals surface area contributed by atoms with Crippen molar-refractivity contribution in [3.63, 3.8) is 0 Å². The number of nitrogens with one attached hydrogen (secondary N) is 2. The van der Waals surface area contributed by atoms with Gasteiger partial charge in [-0.15, -0.1) is 0 Å². The van der Waals surface area contributed by atoms with Crippen molar-refractivity contribution < 1.29 is 4.74 Å². The molecule has 1 atom stereocenters. The molecule has 0 radical (unpaired) electrons. The van der Waals surface area contributed by atoms with E-state index >= 15 is 0 Å². The molecule has 6 nitrogen and oxygen atoms in total. The van der Waals surface area contributed by atoms with E-state index < -0.39 is 0 Å². The van der Waals surface area contributed by atoms with Crippen LogP contribution in [0.25, 0.3) is 0 Å². The molecule has 1 unspecified atom stereocenters. The predicted molar refractivity (Wildman–Crippen MR) is 119 cm³/mol. The maximum atomic E-state index is 5.92. The second-order valence-corrected chi connectivity index (χ2v) is 7.35. The Balaban J connectivity index is 1.35. The molecule has 1 saturated heterocycles. The summed E-state index contributed by atoms with van der Waals surface area (Å²) in [6.45, 7) is 6.56. The summed E-state index contributed by atoms with van der Waals surface area (Å²) < 4.78 is 5.92. The Bertz CT molecular complexity index is 759. The van der Waals surface area contributed by atoms with Crippen molar-refractivity contribution in [3.05, 3.63) is 59.8 Å². The highest BCUT2D eigenvalue weighted by Crippen LogP contribution is 2.18. The number of aliphatic imine (C=N–C) groups is 1. The van der Waals surface area contributed by atoms with Gasteiger partial charge in [-0.25, -0.2) is 4.98 Å². The molecule has 2 N–H and O–H groups in total. The van der Waals surface area contributed by atoms with Crippen molar-refractivity contribution in [1.82, 2.24) is 15.6 Å². The number of benzene rings is 1. The van der Waals surface area contributed by atoms with Gasteiger partial charge in [0.05, 0.1) is 6.10 Å². The first kappa shape index (κ1) is 21.1. The number of aromatic nitrogens is 1. The Labute approximate surface area is 174 Å². The normalized spacial score (nSPS) is 15.4. The van der Waals surface area contributed by atoms with E-state index in [2.05, 4.69) is 56.7 Å². The zero-order valence-corrected chi connectivity index (χ0v) is 17.6. The summed E-state index contributed by atoms with van der Waals surface area (Å²) in [4.78, 5) is 11.2. The summed E-state index contributed by atoms with van der Waals surface area (Å²) in [6.07, 6.45) is 5.45. The highest BCUT2D eigenvalue weighted by atomic mass is 16.5. The molecular weight excluding hydrogens is 362 g/mol. The third-order valence-electron chi connectivity index (χ3n) is 5.17. The summed E-state index contributed by atoms with van der Waals surface area (Å²) in [7, 11) is 1.80. The van der Waals surface area contributed by atoms with Gasteiger partial charge < -0.3 is 20.3 Å². The Morgan fingerprint density at radius 1 is 1.17 bits per heavy atom. The van der Waals surface area contributed by atoms with Gasteiger partial charge in [0.25, 0.3) is 0 Å². The van der Waals surface area contributed by atoms with Crippen LogP contribution in [0.5, 0.6) is 0 Å². The second-order valence-electron chi connectivity index (χ2n) is 7.35. The van der Waals surface area contributed by atoms with Crippen LogP contribution in [-0.4, -0.2) is 44.2 Å². The molecular formula is C23H33N5O. The van der Waals surface area contributed by atoms with E-state index in [1.807, 2.05) is 24.4 Å². The fraction of sp³-hybridized carbons (Fsp3) is 0.478. The Morgan fingerprint density at radius 3 is 2.72 bits per heavy atom. The third kappa shape index (κ3) is 6.75. The molecule has 29 heavy (non-hydrogen) atoms. The minimum Gasteiger partial charge on any atom is -0.374 e. The first-order chi connectivity index (χ1) is 14.3. The molecule has 2 aromatic rings. The van der Waals surface area contributed by atoms with Gasteiger partial charge in [-0.1, -0.05) is 30.3 Å². The predicted octanol–water partition coefficient (Wildman–Crippen LogP) is 3.51. The van der Waals surface area contributed by atoms with Crippen molar-refractivity contribution in [2.75, 3.05) is 38.2 Å². The average molecular weight is 396 g/mol. The minimum atomic E-state index is 0.116. The lowest BCUT2D eigenvalue weighted by Crippen LogP contribution is -2.37. The Hall–Kier alpha value is -2.60. The van der Waals surface area contributed by atoms with E-state index in [1.165, 1.54) is 24.0 Å². The fourth-order valence-corrected chi connectivity index (χ4v) is 3.46. The van der Waals surface area contributed by atoms with Gasteiger partial charge in [0.1, 0.15) is 5.82 Å². The van der Waals surface area contributed by atoms with Crippen LogP contribution < -0.4 is 15.5 Å². The summed E-state index contributed by atoms with van der Waals surface area (Å²) >= 11 is 0. The molecule has 2 heterocycles. The van der Waals surface area contributed by atoms with Crippen molar-refractivity contribution >= 4 is 11.8 Å². The molecule has 1 aromatic carbocycles. The van der Waals surface area contributed by atoms with Gasteiger partial charge in [0.15, 0.2) is 5.96 Å². The molecule has 1 aliphatic rings. The van der Waals surface area contributed by atoms with Crippen LogP contribution in [0.15, 0.2) is 53.7 Å². The van der Waals surface area contributed by atoms with Crippen LogP contribution >= 0.6 is 0 Å². The van der Waals surface area contributed by atoms with E-state index in [4.69, 9.17) is 4.74 Å². The summed E-state index contributed by atoms with van der Waals surface area (Å²) in [5.41, 5.74) is 2.42. The van der Waals surface area contributed by atoms with Crippen LogP contribution in [0, 0.1) is 0 Å². The number of rotatable bonds is 9. The maximum absolute atomic E-state index is 5.92. The average Bonchev–Trinajstić information content (AvgIpc) is 3.31. The second kappa shape index (κ2) is 11.4. The molecule has 1 fully saturated rings. The van der Waals surface area contributed by atoms with E-state index in [-0.39, 0.29) is 6.10 Å². The smallest absolute Gasteiger partial charge is 0.191 e. The minimum absolute atomic E-state index is 0.116. The molecule has 1 aliphatic heterocycles. The lowest BCUT2D eigenvalue weighted by molar-refractivity contribution is 0.0646. The quantitative estimate of drug-likeness (QED) is 0.386. The van der Waals surface area contributed by atoms with Crippen LogP contribution in [0.1, 0.15) is 43.4 Å². The van der Waals surface area contributed by atoms with Gasteiger partial charge in [-0.05, 0) is 49.4 Å². The maximum Gasteiger partial charge on any atom is 0.191 e. The number of anilines is 1. The molecule has 156 valence electrons. The van der Waals surface area contributed by atoms with Crippen molar-refractivity contribution in [2.24, 2.45) is 4.99 Å². The number of pyridine rings is 1. The molecule has 1 aromatic heterocycles. The largest absolute Gasteiger partial charge is 0.374 e. The van der Waals surface area contributed by atoms with Crippen LogP contribution in [0.4, 0.5) is 5.82 Å². The molecule has 3 rings (SSSR count). The lowest BCUT2D eigenvalue weighted by Gasteiger charge is -2.17. The van der Waals surface area contributed by atoms with Crippen LogP contribution in [0.3, 0.4) is 0 Å². The molecule has 0 amide bonds. The van der Waals surface area contributed by atoms with Crippen LogP contribution in [-0.2, 0) is 11.3 Å². The number of ether oxygens (including phenoxy) is 1. The van der Waals surface area contributed by atoms with Crippen LogP contribution in [0.2, 0.25) is 0 Å². The van der Waals surface area contributed by atoms with Gasteiger partial charge in [-0.2, -0.15) is 0 Å². The number of guanidine groups is 1. The van der Waals surface area contributed by atoms with Crippen molar-refractivity contribution in [3.8, 4) is 0 Å². The van der Waals surface area contributed by atoms with Crippen molar-refractivity contribution in [2.45, 2.75) is 38.8 Å². The first-order valence-corrected chi connectivity index (χ1v) is 10.6. The zero-order chi connectivity index (χ0) is 20.3. The monoisotopic (exact) mass is 395 g/mol. The highest BCUT2D eigenvalue weighted by molar-refractivity contribution is 5.79. The fourth-order valence-electron chi connectivity index (χ4n) is 3.46. The van der Waals surface area contributed by atoms with E-state index in [0.29, 0.717) is 6.61 Å². The lowest BCUT2D eigenvalue weighted by atomic mass is 10.1. The number of hydrogen-bond acceptors (Lipinski definition) is 4.